The van der Waals surface area contributed by atoms with E-state index in [2.05, 4.69) is 10.3 Å². The van der Waals surface area contributed by atoms with Gasteiger partial charge in [-0.15, -0.1) is 0 Å². The molecule has 0 aliphatic heterocycles. The van der Waals surface area contributed by atoms with Crippen LogP contribution in [0.1, 0.15) is 15.9 Å². The predicted octanol–water partition coefficient (Wildman–Crippen LogP) is 1.17. The molecular weight excluding hydrogens is 239 g/mol. The highest BCUT2D eigenvalue weighted by atomic mass is 19.4. The van der Waals surface area contributed by atoms with E-state index in [0.717, 1.165) is 12.4 Å². The number of amides is 3. The van der Waals surface area contributed by atoms with Crippen LogP contribution in [0, 0.1) is 0 Å². The maximum atomic E-state index is 12.5. The molecule has 0 spiro atoms. The Balaban J connectivity index is 3.06. The SMILES string of the molecule is CNC(=O)NC(=O)c1cnccc1C(F)(F)F. The third-order valence-corrected chi connectivity index (χ3v) is 1.83. The van der Waals surface area contributed by atoms with Crippen LogP contribution in [0.5, 0.6) is 0 Å². The summed E-state index contributed by atoms with van der Waals surface area (Å²) in [6.45, 7) is 0. The van der Waals surface area contributed by atoms with Crippen molar-refractivity contribution in [3.63, 3.8) is 0 Å². The Morgan fingerprint density at radius 2 is 2.00 bits per heavy atom. The normalized spacial score (nSPS) is 10.8. The monoisotopic (exact) mass is 247 g/mol. The molecule has 0 aliphatic carbocycles. The minimum atomic E-state index is -4.68. The van der Waals surface area contributed by atoms with Gasteiger partial charge in [0.2, 0.25) is 0 Å². The number of nitrogens with one attached hydrogen (secondary N) is 2. The van der Waals surface area contributed by atoms with Gasteiger partial charge in [0.05, 0.1) is 11.1 Å². The third-order valence-electron chi connectivity index (χ3n) is 1.83. The summed E-state index contributed by atoms with van der Waals surface area (Å²) in [4.78, 5) is 25.6. The van der Waals surface area contributed by atoms with Crippen molar-refractivity contribution in [2.24, 2.45) is 0 Å². The van der Waals surface area contributed by atoms with Gasteiger partial charge in [0.25, 0.3) is 5.91 Å². The number of aromatic nitrogens is 1. The zero-order valence-corrected chi connectivity index (χ0v) is 8.63. The summed E-state index contributed by atoms with van der Waals surface area (Å²) >= 11 is 0. The van der Waals surface area contributed by atoms with E-state index < -0.39 is 29.2 Å². The molecule has 0 fully saturated rings. The molecule has 1 heterocycles. The Morgan fingerprint density at radius 3 is 2.53 bits per heavy atom. The molecule has 5 nitrogen and oxygen atoms in total. The van der Waals surface area contributed by atoms with Gasteiger partial charge in [-0.25, -0.2) is 4.79 Å². The minimum absolute atomic E-state index is 0.665. The topological polar surface area (TPSA) is 71.1 Å². The van der Waals surface area contributed by atoms with Crippen LogP contribution in [0.2, 0.25) is 0 Å². The number of hydrogen-bond acceptors (Lipinski definition) is 3. The van der Waals surface area contributed by atoms with Gasteiger partial charge in [-0.1, -0.05) is 0 Å². The van der Waals surface area contributed by atoms with Crippen LogP contribution in [0.15, 0.2) is 18.5 Å². The van der Waals surface area contributed by atoms with E-state index >= 15 is 0 Å². The molecule has 8 heteroatoms. The van der Waals surface area contributed by atoms with Crippen molar-refractivity contribution in [1.29, 1.82) is 0 Å². The summed E-state index contributed by atoms with van der Waals surface area (Å²) < 4.78 is 37.6. The van der Waals surface area contributed by atoms with Gasteiger partial charge in [-0.2, -0.15) is 13.2 Å². The van der Waals surface area contributed by atoms with Crippen molar-refractivity contribution in [2.75, 3.05) is 7.05 Å². The fraction of sp³-hybridized carbons (Fsp3) is 0.222. The van der Waals surface area contributed by atoms with Crippen molar-refractivity contribution in [1.82, 2.24) is 15.6 Å². The van der Waals surface area contributed by atoms with Crippen molar-refractivity contribution in [3.8, 4) is 0 Å². The highest BCUT2D eigenvalue weighted by Gasteiger charge is 2.35. The molecule has 1 aromatic heterocycles. The standard InChI is InChI=1S/C9H8F3N3O2/c1-13-8(17)15-7(16)5-4-14-3-2-6(5)9(10,11)12/h2-4H,1H3,(H2,13,15,16,17). The number of urea groups is 1. The molecule has 0 radical (unpaired) electrons. The Hall–Kier alpha value is -2.12. The number of carbonyl (C=O) groups excluding carboxylic acids is 2. The number of nitrogens with zero attached hydrogens (tertiary/aromatic N) is 1. The number of carbonyl (C=O) groups is 2. The van der Waals surface area contributed by atoms with Gasteiger partial charge >= 0.3 is 12.2 Å². The maximum Gasteiger partial charge on any atom is 0.417 e. The molecule has 0 unspecified atom stereocenters. The van der Waals surface area contributed by atoms with Crippen LogP contribution in [-0.4, -0.2) is 24.0 Å². The zero-order valence-electron chi connectivity index (χ0n) is 8.63. The van der Waals surface area contributed by atoms with Crippen molar-refractivity contribution < 1.29 is 22.8 Å². The molecule has 0 atom stereocenters. The molecule has 0 aromatic carbocycles. The lowest BCUT2D eigenvalue weighted by atomic mass is 10.1. The molecule has 0 aliphatic rings. The molecule has 0 saturated carbocycles. The Labute approximate surface area is 94.0 Å². The number of hydrogen-bond donors (Lipinski definition) is 2. The molecule has 1 rings (SSSR count). The number of pyridine rings is 1. The number of alkyl halides is 3. The van der Waals surface area contributed by atoms with Crippen LogP contribution in [0.4, 0.5) is 18.0 Å². The van der Waals surface area contributed by atoms with E-state index in [-0.39, 0.29) is 0 Å². The lowest BCUT2D eigenvalue weighted by Gasteiger charge is -2.11. The highest BCUT2D eigenvalue weighted by Crippen LogP contribution is 2.31. The highest BCUT2D eigenvalue weighted by molar-refractivity contribution is 6.04. The third kappa shape index (κ3) is 3.16. The summed E-state index contributed by atoms with van der Waals surface area (Å²) in [6.07, 6.45) is -3.01. The predicted molar refractivity (Wildman–Crippen MR) is 51.2 cm³/mol. The quantitative estimate of drug-likeness (QED) is 0.782. The first kappa shape index (κ1) is 12.9. The Kier molecular flexibility index (Phi) is 3.66. The van der Waals surface area contributed by atoms with E-state index in [9.17, 15) is 22.8 Å². The van der Waals surface area contributed by atoms with Crippen LogP contribution in [-0.2, 0) is 6.18 Å². The van der Waals surface area contributed by atoms with Crippen LogP contribution < -0.4 is 10.6 Å². The Morgan fingerprint density at radius 1 is 1.35 bits per heavy atom. The van der Waals surface area contributed by atoms with Gasteiger partial charge in [0.1, 0.15) is 0 Å². The van der Waals surface area contributed by atoms with Crippen LogP contribution in [0.3, 0.4) is 0 Å². The first-order valence-corrected chi connectivity index (χ1v) is 4.40. The summed E-state index contributed by atoms with van der Waals surface area (Å²) in [6, 6.07) is -0.231. The smallest absolute Gasteiger partial charge is 0.341 e. The second kappa shape index (κ2) is 4.81. The van der Waals surface area contributed by atoms with E-state index in [1.165, 1.54) is 7.05 Å². The molecule has 3 amide bonds. The van der Waals surface area contributed by atoms with Crippen LogP contribution in [0.25, 0.3) is 0 Å². The molecule has 0 bridgehead atoms. The van der Waals surface area contributed by atoms with Crippen molar-refractivity contribution in [3.05, 3.63) is 29.6 Å². The second-order valence-electron chi connectivity index (χ2n) is 2.95. The summed E-state index contributed by atoms with van der Waals surface area (Å²) in [7, 11) is 1.23. The van der Waals surface area contributed by atoms with Gasteiger partial charge in [0.15, 0.2) is 0 Å². The average molecular weight is 247 g/mol. The van der Waals surface area contributed by atoms with Crippen LogP contribution >= 0.6 is 0 Å². The Bertz CT molecular complexity index is 445. The molecule has 0 saturated heterocycles. The number of rotatable bonds is 1. The summed E-state index contributed by atoms with van der Waals surface area (Å²) in [5.41, 5.74) is -1.85. The first-order chi connectivity index (χ1) is 7.86. The van der Waals surface area contributed by atoms with Crippen molar-refractivity contribution in [2.45, 2.75) is 6.18 Å². The van der Waals surface area contributed by atoms with Gasteiger partial charge in [0, 0.05) is 19.4 Å². The molecule has 17 heavy (non-hydrogen) atoms. The number of halogens is 3. The number of imide groups is 1. The molecule has 2 N–H and O–H groups in total. The van der Waals surface area contributed by atoms with Gasteiger partial charge < -0.3 is 5.32 Å². The average Bonchev–Trinajstić information content (AvgIpc) is 2.27. The molecular formula is C9H8F3N3O2. The zero-order chi connectivity index (χ0) is 13.1. The van der Waals surface area contributed by atoms with Crippen molar-refractivity contribution >= 4 is 11.9 Å². The molecule has 92 valence electrons. The second-order valence-corrected chi connectivity index (χ2v) is 2.95. The van der Waals surface area contributed by atoms with E-state index in [1.54, 1.807) is 5.32 Å². The minimum Gasteiger partial charge on any atom is -0.341 e. The summed E-state index contributed by atoms with van der Waals surface area (Å²) in [5.74, 6) is -1.16. The van der Waals surface area contributed by atoms with Gasteiger partial charge in [-0.3, -0.25) is 15.1 Å². The fourth-order valence-corrected chi connectivity index (χ4v) is 1.06. The van der Waals surface area contributed by atoms with Gasteiger partial charge in [-0.05, 0) is 6.07 Å². The first-order valence-electron chi connectivity index (χ1n) is 4.40. The lowest BCUT2D eigenvalue weighted by Crippen LogP contribution is -2.38. The fourth-order valence-electron chi connectivity index (χ4n) is 1.06. The van der Waals surface area contributed by atoms with E-state index in [0.29, 0.717) is 6.07 Å². The lowest BCUT2D eigenvalue weighted by molar-refractivity contribution is -0.138. The van der Waals surface area contributed by atoms with E-state index in [4.69, 9.17) is 0 Å². The largest absolute Gasteiger partial charge is 0.417 e. The molecule has 1 aromatic rings. The maximum absolute atomic E-state index is 12.5. The summed E-state index contributed by atoms with van der Waals surface area (Å²) in [5, 5.41) is 3.78. The van der Waals surface area contributed by atoms with E-state index in [1.807, 2.05) is 0 Å².